The lowest BCUT2D eigenvalue weighted by Gasteiger charge is -2.24. The van der Waals surface area contributed by atoms with Crippen LogP contribution in [-0.4, -0.2) is 43.1 Å². The van der Waals surface area contributed by atoms with Crippen LogP contribution in [0, 0.1) is 0 Å². The van der Waals surface area contributed by atoms with Gasteiger partial charge in [0, 0.05) is 6.07 Å². The fourth-order valence-corrected chi connectivity index (χ4v) is 5.43. The van der Waals surface area contributed by atoms with Crippen LogP contribution < -0.4 is 29.1 Å². The predicted octanol–water partition coefficient (Wildman–Crippen LogP) is 3.57. The van der Waals surface area contributed by atoms with Crippen LogP contribution in [0.25, 0.3) is 6.08 Å². The maximum Gasteiger partial charge on any atom is 0.338 e. The monoisotopic (exact) mass is 558 g/mol. The highest BCUT2D eigenvalue weighted by atomic mass is 35.5. The Balaban J connectivity index is 1.95. The van der Waals surface area contributed by atoms with Crippen molar-refractivity contribution in [2.75, 3.05) is 21.3 Å². The molecule has 0 aliphatic carbocycles. The Labute approximate surface area is 227 Å². The summed E-state index contributed by atoms with van der Waals surface area (Å²) in [5.74, 6) is 0.473. The number of aromatic hydroxyl groups is 1. The Morgan fingerprint density at radius 3 is 2.47 bits per heavy atom. The van der Waals surface area contributed by atoms with Crippen LogP contribution in [0.2, 0.25) is 5.02 Å². The molecule has 2 aromatic carbocycles. The third-order valence-corrected chi connectivity index (χ3v) is 7.19. The molecule has 0 saturated carbocycles. The third-order valence-electron chi connectivity index (χ3n) is 5.88. The summed E-state index contributed by atoms with van der Waals surface area (Å²) in [5.41, 5.74) is 1.33. The molecule has 9 nitrogen and oxygen atoms in total. The van der Waals surface area contributed by atoms with E-state index < -0.39 is 12.0 Å². The zero-order valence-corrected chi connectivity index (χ0v) is 23.3. The number of esters is 1. The van der Waals surface area contributed by atoms with Gasteiger partial charge in [-0.3, -0.25) is 9.36 Å². The number of carbonyl (C=O) groups is 1. The number of carbonyl (C=O) groups excluding carboxylic acids is 1. The lowest BCUT2D eigenvalue weighted by atomic mass is 9.95. The number of benzene rings is 2. The van der Waals surface area contributed by atoms with E-state index in [1.807, 2.05) is 13.8 Å². The average molecular weight is 559 g/mol. The number of fused-ring (bicyclic) bond motifs is 1. The maximum absolute atomic E-state index is 13.8. The van der Waals surface area contributed by atoms with Crippen LogP contribution in [0.1, 0.15) is 37.9 Å². The van der Waals surface area contributed by atoms with Crippen LogP contribution in [0.4, 0.5) is 0 Å². The summed E-state index contributed by atoms with van der Waals surface area (Å²) in [6.07, 6.45) is 1.57. The molecule has 1 atom stereocenters. The van der Waals surface area contributed by atoms with E-state index >= 15 is 0 Å². The van der Waals surface area contributed by atoms with Crippen molar-refractivity contribution in [2.45, 2.75) is 32.9 Å². The number of thiazole rings is 1. The van der Waals surface area contributed by atoms with Gasteiger partial charge >= 0.3 is 5.97 Å². The number of aromatic nitrogens is 1. The van der Waals surface area contributed by atoms with Crippen molar-refractivity contribution in [1.29, 1.82) is 0 Å². The van der Waals surface area contributed by atoms with Gasteiger partial charge in [-0.15, -0.1) is 0 Å². The minimum Gasteiger partial charge on any atom is -0.504 e. The number of halogens is 1. The smallest absolute Gasteiger partial charge is 0.338 e. The lowest BCUT2D eigenvalue weighted by Crippen LogP contribution is -2.39. The molecule has 200 valence electrons. The molecule has 0 bridgehead atoms. The van der Waals surface area contributed by atoms with E-state index in [2.05, 4.69) is 4.99 Å². The van der Waals surface area contributed by atoms with E-state index in [0.717, 1.165) is 11.3 Å². The first-order valence-electron chi connectivity index (χ1n) is 11.6. The molecule has 1 N–H and O–H groups in total. The van der Waals surface area contributed by atoms with E-state index in [-0.39, 0.29) is 28.7 Å². The minimum absolute atomic E-state index is 0.0718. The van der Waals surface area contributed by atoms with Crippen LogP contribution in [-0.2, 0) is 9.53 Å². The number of ether oxygens (including phenoxy) is 4. The van der Waals surface area contributed by atoms with Crippen molar-refractivity contribution in [3.8, 4) is 23.0 Å². The molecule has 2 heterocycles. The summed E-state index contributed by atoms with van der Waals surface area (Å²) in [5, 5.41) is 10.5. The molecule has 1 aliphatic heterocycles. The second kappa shape index (κ2) is 10.9. The van der Waals surface area contributed by atoms with Gasteiger partial charge in [0.1, 0.15) is 0 Å². The van der Waals surface area contributed by atoms with Gasteiger partial charge in [0.05, 0.1) is 54.3 Å². The molecule has 4 rings (SSSR count). The van der Waals surface area contributed by atoms with Crippen LogP contribution in [0.15, 0.2) is 51.4 Å². The van der Waals surface area contributed by atoms with Gasteiger partial charge < -0.3 is 24.1 Å². The molecule has 1 aromatic heterocycles. The molecule has 0 unspecified atom stereocenters. The Kier molecular flexibility index (Phi) is 7.84. The summed E-state index contributed by atoms with van der Waals surface area (Å²) < 4.78 is 23.3. The van der Waals surface area contributed by atoms with Crippen LogP contribution >= 0.6 is 22.9 Å². The van der Waals surface area contributed by atoms with Crippen molar-refractivity contribution in [1.82, 2.24) is 4.57 Å². The summed E-state index contributed by atoms with van der Waals surface area (Å²) in [6.45, 7) is 5.47. The van der Waals surface area contributed by atoms with E-state index in [1.54, 1.807) is 37.3 Å². The Morgan fingerprint density at radius 2 is 1.84 bits per heavy atom. The predicted molar refractivity (Wildman–Crippen MR) is 144 cm³/mol. The number of hydrogen-bond acceptors (Lipinski definition) is 9. The molecular formula is C27H27ClN2O7S. The maximum atomic E-state index is 13.8. The topological polar surface area (TPSA) is 109 Å². The summed E-state index contributed by atoms with van der Waals surface area (Å²) in [6, 6.07) is 7.13. The lowest BCUT2D eigenvalue weighted by molar-refractivity contribution is -0.136. The normalized spacial score (nSPS) is 15.3. The highest BCUT2D eigenvalue weighted by Crippen LogP contribution is 2.36. The van der Waals surface area contributed by atoms with Crippen LogP contribution in [0.5, 0.6) is 23.0 Å². The molecular weight excluding hydrogens is 532 g/mol. The first-order chi connectivity index (χ1) is 18.1. The molecule has 1 aliphatic rings. The molecule has 38 heavy (non-hydrogen) atoms. The number of phenolic OH excluding ortho intramolecular Hbond substituents is 1. The number of allylic oxidation sites excluding steroid dienone is 1. The second-order valence-corrected chi connectivity index (χ2v) is 10.1. The Bertz CT molecular complexity index is 1620. The molecule has 11 heteroatoms. The molecule has 3 aromatic rings. The van der Waals surface area contributed by atoms with Crippen molar-refractivity contribution < 1.29 is 28.8 Å². The van der Waals surface area contributed by atoms with Gasteiger partial charge in [-0.2, -0.15) is 0 Å². The summed E-state index contributed by atoms with van der Waals surface area (Å²) >= 11 is 7.71. The number of hydrogen-bond donors (Lipinski definition) is 1. The van der Waals surface area contributed by atoms with Crippen LogP contribution in [0.3, 0.4) is 0 Å². The summed E-state index contributed by atoms with van der Waals surface area (Å²) in [4.78, 5) is 31.6. The van der Waals surface area contributed by atoms with Crippen molar-refractivity contribution in [3.05, 3.63) is 77.4 Å². The van der Waals surface area contributed by atoms with E-state index in [0.29, 0.717) is 42.7 Å². The van der Waals surface area contributed by atoms with Crippen molar-refractivity contribution in [2.24, 2.45) is 4.99 Å². The highest BCUT2D eigenvalue weighted by Gasteiger charge is 2.33. The molecule has 0 spiro atoms. The standard InChI is InChI=1S/C27H27ClN2O7S/c1-13(2)37-21-12-17(28)16(10-20(21)35-5)11-22-25(32)30-24(15-7-8-18(31)19(9-15)34-4)23(26(33)36-6)14(3)29-27(30)38-22/h7-13,24,31H,1-6H3/b22-11-/t24-/m0/s1. The van der Waals surface area contributed by atoms with E-state index in [1.165, 1.54) is 32.0 Å². The Hall–Kier alpha value is -3.76. The number of methoxy groups -OCH3 is 3. The quantitative estimate of drug-likeness (QED) is 0.442. The molecule has 0 fully saturated rings. The van der Waals surface area contributed by atoms with Gasteiger partial charge in [0.25, 0.3) is 5.56 Å². The third kappa shape index (κ3) is 5.01. The summed E-state index contributed by atoms with van der Waals surface area (Å²) in [7, 11) is 4.21. The SMILES string of the molecule is COC(=O)C1=C(C)N=c2s/c(=C\c3cc(OC)c(OC(C)C)cc3Cl)c(=O)n2[C@H]1c1ccc(O)c(OC)c1. The molecule has 0 amide bonds. The average Bonchev–Trinajstić information content (AvgIpc) is 3.18. The van der Waals surface area contributed by atoms with Crippen molar-refractivity contribution in [3.63, 3.8) is 0 Å². The first kappa shape index (κ1) is 27.3. The fourth-order valence-electron chi connectivity index (χ4n) is 4.18. The van der Waals surface area contributed by atoms with Crippen molar-refractivity contribution >= 4 is 35.0 Å². The Morgan fingerprint density at radius 1 is 1.13 bits per heavy atom. The zero-order chi connectivity index (χ0) is 27.7. The largest absolute Gasteiger partial charge is 0.504 e. The van der Waals surface area contributed by atoms with E-state index in [9.17, 15) is 14.7 Å². The molecule has 0 saturated heterocycles. The molecule has 0 radical (unpaired) electrons. The van der Waals surface area contributed by atoms with E-state index in [4.69, 9.17) is 30.5 Å². The van der Waals surface area contributed by atoms with Gasteiger partial charge in [0.15, 0.2) is 27.8 Å². The van der Waals surface area contributed by atoms with Gasteiger partial charge in [0.2, 0.25) is 0 Å². The number of rotatable bonds is 7. The number of phenols is 1. The fraction of sp³-hybridized carbons (Fsp3) is 0.296. The zero-order valence-electron chi connectivity index (χ0n) is 21.7. The first-order valence-corrected chi connectivity index (χ1v) is 12.8. The van der Waals surface area contributed by atoms with Gasteiger partial charge in [-0.05, 0) is 56.2 Å². The minimum atomic E-state index is -0.859. The van der Waals surface area contributed by atoms with Gasteiger partial charge in [-0.1, -0.05) is 29.0 Å². The second-order valence-electron chi connectivity index (χ2n) is 8.70. The van der Waals surface area contributed by atoms with Gasteiger partial charge in [-0.25, -0.2) is 9.79 Å². The highest BCUT2D eigenvalue weighted by molar-refractivity contribution is 7.07. The number of nitrogens with zero attached hydrogens (tertiary/aromatic N) is 2.